The second-order valence-electron chi connectivity index (χ2n) is 13.1. The lowest BCUT2D eigenvalue weighted by Gasteiger charge is -2.58. The average molecular weight is 535 g/mol. The van der Waals surface area contributed by atoms with Gasteiger partial charge in [0.2, 0.25) is 0 Å². The number of ether oxygens (including phenoxy) is 1. The van der Waals surface area contributed by atoms with Gasteiger partial charge >= 0.3 is 0 Å². The molecule has 4 aliphatic rings. The van der Waals surface area contributed by atoms with Gasteiger partial charge in [-0.3, -0.25) is 0 Å². The van der Waals surface area contributed by atoms with Gasteiger partial charge in [0.1, 0.15) is 0 Å². The van der Waals surface area contributed by atoms with Gasteiger partial charge in [-0.05, 0) is 104 Å². The van der Waals surface area contributed by atoms with Gasteiger partial charge in [-0.2, -0.15) is 0 Å². The number of hydrogen-bond donors (Lipinski definition) is 1. The Balaban J connectivity index is 0.00000112. The van der Waals surface area contributed by atoms with Crippen LogP contribution in [0.15, 0.2) is 11.6 Å². The molecule has 2 nitrogen and oxygen atoms in total. The van der Waals surface area contributed by atoms with Crippen LogP contribution in [0.4, 0.5) is 0 Å². The molecule has 0 aliphatic heterocycles. The second-order valence-corrected chi connectivity index (χ2v) is 13.1. The summed E-state index contributed by atoms with van der Waals surface area (Å²) in [6.45, 7) is 25.6. The maximum atomic E-state index is 9.07. The van der Waals surface area contributed by atoms with E-state index < -0.39 is 0 Å². The highest BCUT2D eigenvalue weighted by molar-refractivity contribution is 5.25. The van der Waals surface area contributed by atoms with E-state index in [1.807, 2.05) is 41.5 Å². The molecule has 4 aliphatic carbocycles. The molecule has 0 amide bonds. The summed E-state index contributed by atoms with van der Waals surface area (Å²) in [7, 11) is 0. The van der Waals surface area contributed by atoms with Gasteiger partial charge in [0.25, 0.3) is 0 Å². The third kappa shape index (κ3) is 8.11. The molecule has 0 saturated heterocycles. The summed E-state index contributed by atoms with van der Waals surface area (Å²) < 4.78 is 6.13. The minimum absolute atomic E-state index is 0.244. The first-order chi connectivity index (χ1) is 18.3. The summed E-state index contributed by atoms with van der Waals surface area (Å²) >= 11 is 0. The zero-order valence-electron chi connectivity index (χ0n) is 27.9. The first-order valence-corrected chi connectivity index (χ1v) is 17.2. The van der Waals surface area contributed by atoms with Crippen molar-refractivity contribution < 1.29 is 9.84 Å². The van der Waals surface area contributed by atoms with Crippen molar-refractivity contribution in [1.82, 2.24) is 0 Å². The monoisotopic (exact) mass is 535 g/mol. The summed E-state index contributed by atoms with van der Waals surface area (Å²) in [5, 5.41) is 9.07. The maximum Gasteiger partial charge on any atom is 0.0612 e. The lowest BCUT2D eigenvalue weighted by Crippen LogP contribution is -2.51. The van der Waals surface area contributed by atoms with E-state index in [-0.39, 0.29) is 6.61 Å². The standard InChI is InChI=1S/C30H52O2.3C2H6/c1-21(2)8-6-9-22(3)26-12-13-27-25-11-10-23-20-24(32-19-7-18-31)14-16-29(23,4)28(25)15-17-30(26,27)5;3*1-2/h10,21-22,24-28,31H,6-9,11-20H2,1-5H3;3*1-2H3/t22-,24?,25+,26-,27+,28+,29+,30-;;;/m1.../s1. The first kappa shape index (κ1) is 35.7. The van der Waals surface area contributed by atoms with Crippen LogP contribution in [0.2, 0.25) is 0 Å². The van der Waals surface area contributed by atoms with Crippen molar-refractivity contribution in [1.29, 1.82) is 0 Å². The third-order valence-corrected chi connectivity index (χ3v) is 10.9. The van der Waals surface area contributed by atoms with Crippen molar-refractivity contribution in [2.45, 2.75) is 159 Å². The summed E-state index contributed by atoms with van der Waals surface area (Å²) in [5.74, 6) is 5.47. The Bertz CT molecular complexity index is 654. The minimum atomic E-state index is 0.244. The van der Waals surface area contributed by atoms with Crippen LogP contribution in [0.5, 0.6) is 0 Å². The molecule has 8 atom stereocenters. The SMILES string of the molecule is CC.CC.CC.CC(C)CCC[C@@H](C)[C@H]1CC[C@H]2[C@@H]3CC=C4CC(OCCCO)CC[C@]4(C)[C@H]3CC[C@]12C. The molecule has 0 heterocycles. The van der Waals surface area contributed by atoms with Crippen molar-refractivity contribution in [3.63, 3.8) is 0 Å². The number of allylic oxidation sites excluding steroid dienone is 1. The van der Waals surface area contributed by atoms with E-state index in [1.54, 1.807) is 5.57 Å². The van der Waals surface area contributed by atoms with Gasteiger partial charge in [0.05, 0.1) is 6.10 Å². The van der Waals surface area contributed by atoms with Gasteiger partial charge in [-0.25, -0.2) is 0 Å². The van der Waals surface area contributed by atoms with Gasteiger partial charge in [-0.1, -0.05) is 107 Å². The summed E-state index contributed by atoms with van der Waals surface area (Å²) in [6, 6.07) is 0. The molecule has 2 heteroatoms. The normalized spacial score (nSPS) is 36.0. The Labute approximate surface area is 240 Å². The highest BCUT2D eigenvalue weighted by Crippen LogP contribution is 2.67. The van der Waals surface area contributed by atoms with Gasteiger partial charge in [-0.15, -0.1) is 0 Å². The maximum absolute atomic E-state index is 9.07. The number of fused-ring (bicyclic) bond motifs is 5. The third-order valence-electron chi connectivity index (χ3n) is 10.9. The molecule has 1 N–H and O–H groups in total. The Hall–Kier alpha value is -0.340. The lowest BCUT2D eigenvalue weighted by molar-refractivity contribution is -0.0645. The Morgan fingerprint density at radius 2 is 1.55 bits per heavy atom. The minimum Gasteiger partial charge on any atom is -0.396 e. The fourth-order valence-corrected chi connectivity index (χ4v) is 9.11. The predicted molar refractivity (Wildman–Crippen MR) is 169 cm³/mol. The summed E-state index contributed by atoms with van der Waals surface area (Å²) in [4.78, 5) is 0. The molecule has 4 rings (SSSR count). The Kier molecular flexibility index (Phi) is 16.4. The van der Waals surface area contributed by atoms with Crippen LogP contribution in [0.3, 0.4) is 0 Å². The molecule has 1 unspecified atom stereocenters. The predicted octanol–water partition coefficient (Wildman–Crippen LogP) is 10.9. The Morgan fingerprint density at radius 1 is 0.868 bits per heavy atom. The van der Waals surface area contributed by atoms with E-state index in [2.05, 4.69) is 40.7 Å². The van der Waals surface area contributed by atoms with Crippen molar-refractivity contribution in [2.75, 3.05) is 13.2 Å². The number of aliphatic hydroxyl groups excluding tert-OH is 1. The van der Waals surface area contributed by atoms with E-state index in [1.165, 1.54) is 64.2 Å². The van der Waals surface area contributed by atoms with E-state index in [4.69, 9.17) is 9.84 Å². The highest BCUT2D eigenvalue weighted by Gasteiger charge is 2.59. The van der Waals surface area contributed by atoms with Crippen LogP contribution < -0.4 is 0 Å². The lowest BCUT2D eigenvalue weighted by atomic mass is 9.47. The molecular formula is C36H70O2. The number of rotatable bonds is 9. The molecule has 3 fully saturated rings. The summed E-state index contributed by atoms with van der Waals surface area (Å²) in [5.41, 5.74) is 2.73. The zero-order valence-corrected chi connectivity index (χ0v) is 27.9. The van der Waals surface area contributed by atoms with E-state index >= 15 is 0 Å². The second kappa shape index (κ2) is 17.5. The van der Waals surface area contributed by atoms with Crippen LogP contribution in [-0.2, 0) is 4.74 Å². The first-order valence-electron chi connectivity index (χ1n) is 17.2. The zero-order chi connectivity index (χ0) is 28.9. The molecule has 38 heavy (non-hydrogen) atoms. The van der Waals surface area contributed by atoms with Gasteiger partial charge < -0.3 is 9.84 Å². The average Bonchev–Trinajstić information content (AvgIpc) is 3.29. The molecule has 0 aromatic heterocycles. The van der Waals surface area contributed by atoms with E-state index in [0.717, 1.165) is 48.3 Å². The van der Waals surface area contributed by atoms with Crippen LogP contribution in [0.25, 0.3) is 0 Å². The van der Waals surface area contributed by atoms with Gasteiger partial charge in [0, 0.05) is 13.2 Å². The van der Waals surface area contributed by atoms with Crippen molar-refractivity contribution in [3.8, 4) is 0 Å². The molecule has 0 bridgehead atoms. The van der Waals surface area contributed by atoms with Crippen molar-refractivity contribution in [2.24, 2.45) is 46.3 Å². The molecule has 0 aromatic rings. The van der Waals surface area contributed by atoms with Crippen LogP contribution in [0.1, 0.15) is 153 Å². The smallest absolute Gasteiger partial charge is 0.0612 e. The topological polar surface area (TPSA) is 29.5 Å². The summed E-state index contributed by atoms with van der Waals surface area (Å²) in [6.07, 6.45) is 19.0. The quantitative estimate of drug-likeness (QED) is 0.235. The highest BCUT2D eigenvalue weighted by atomic mass is 16.5. The van der Waals surface area contributed by atoms with Crippen molar-refractivity contribution >= 4 is 0 Å². The number of hydrogen-bond acceptors (Lipinski definition) is 2. The molecule has 3 saturated carbocycles. The van der Waals surface area contributed by atoms with Gasteiger partial charge in [0.15, 0.2) is 0 Å². The Morgan fingerprint density at radius 3 is 2.18 bits per heavy atom. The van der Waals surface area contributed by atoms with Crippen LogP contribution in [0, 0.1) is 46.3 Å². The van der Waals surface area contributed by atoms with Crippen molar-refractivity contribution in [3.05, 3.63) is 11.6 Å². The molecule has 226 valence electrons. The molecular weight excluding hydrogens is 464 g/mol. The van der Waals surface area contributed by atoms with E-state index in [0.29, 0.717) is 23.5 Å². The van der Waals surface area contributed by atoms with E-state index in [9.17, 15) is 0 Å². The fourth-order valence-electron chi connectivity index (χ4n) is 9.11. The number of aliphatic hydroxyl groups is 1. The molecule has 0 spiro atoms. The fraction of sp³-hybridized carbons (Fsp3) is 0.944. The van der Waals surface area contributed by atoms with Crippen LogP contribution >= 0.6 is 0 Å². The van der Waals surface area contributed by atoms with Crippen LogP contribution in [-0.4, -0.2) is 24.4 Å². The molecule has 0 radical (unpaired) electrons. The molecule has 0 aromatic carbocycles. The largest absolute Gasteiger partial charge is 0.396 e.